The second-order valence-corrected chi connectivity index (χ2v) is 10.5. The number of allylic oxidation sites excluding steroid dienone is 2. The summed E-state index contributed by atoms with van der Waals surface area (Å²) in [5, 5.41) is 13.6. The summed E-state index contributed by atoms with van der Waals surface area (Å²) in [5.74, 6) is -1.31. The van der Waals surface area contributed by atoms with Gasteiger partial charge in [0.2, 0.25) is 0 Å². The topological polar surface area (TPSA) is 68.2 Å². The molecule has 6 rings (SSSR count). The Labute approximate surface area is 209 Å². The quantitative estimate of drug-likeness (QED) is 0.640. The molecule has 1 saturated carbocycles. The molecule has 0 radical (unpaired) electrons. The van der Waals surface area contributed by atoms with Crippen molar-refractivity contribution in [3.05, 3.63) is 69.8 Å². The van der Waals surface area contributed by atoms with Crippen LogP contribution in [0.15, 0.2) is 52.4 Å². The average Bonchev–Trinajstić information content (AvgIpc) is 3.09. The number of hydrogen-bond donors (Lipinski definition) is 2. The van der Waals surface area contributed by atoms with Crippen LogP contribution in [0.3, 0.4) is 0 Å². The number of nitrogens with one attached hydrogen (secondary N) is 1. The van der Waals surface area contributed by atoms with Crippen LogP contribution in [0.25, 0.3) is 11.4 Å². The molecule has 0 aromatic heterocycles. The number of aliphatic carboxylic acids is 1. The molecule has 8 heteroatoms. The molecule has 36 heavy (non-hydrogen) atoms. The fourth-order valence-electron chi connectivity index (χ4n) is 6.43. The van der Waals surface area contributed by atoms with Crippen molar-refractivity contribution in [1.29, 1.82) is 0 Å². The molecule has 0 atom stereocenters. The molecule has 3 aliphatic heterocycles. The second-order valence-electron chi connectivity index (χ2n) is 10.5. The smallest absolute Gasteiger partial charge is 0.303 e. The van der Waals surface area contributed by atoms with Gasteiger partial charge >= 0.3 is 5.97 Å². The maximum atomic E-state index is 14.5. The minimum atomic E-state index is -0.693. The Morgan fingerprint density at radius 3 is 2.69 bits per heavy atom. The molecule has 0 unspecified atom stereocenters. The monoisotopic (exact) mass is 492 g/mol. The highest BCUT2D eigenvalue weighted by molar-refractivity contribution is 6.21. The van der Waals surface area contributed by atoms with Crippen LogP contribution in [-0.4, -0.2) is 59.3 Å². The fraction of sp³-hybridized carbons (Fsp3) is 0.429. The Morgan fingerprint density at radius 1 is 1.19 bits per heavy atom. The van der Waals surface area contributed by atoms with Crippen molar-refractivity contribution in [2.45, 2.75) is 44.6 Å². The Balaban J connectivity index is 1.27. The van der Waals surface area contributed by atoms with E-state index >= 15 is 0 Å². The van der Waals surface area contributed by atoms with E-state index in [0.29, 0.717) is 35.3 Å². The van der Waals surface area contributed by atoms with Gasteiger partial charge < -0.3 is 10.0 Å². The van der Waals surface area contributed by atoms with E-state index in [1.54, 1.807) is 0 Å². The van der Waals surface area contributed by atoms with Crippen LogP contribution in [0.5, 0.6) is 0 Å². The van der Waals surface area contributed by atoms with E-state index in [1.807, 2.05) is 13.2 Å². The van der Waals surface area contributed by atoms with E-state index < -0.39 is 17.6 Å². The van der Waals surface area contributed by atoms with E-state index in [4.69, 9.17) is 5.11 Å². The van der Waals surface area contributed by atoms with Crippen LogP contribution in [-0.2, 0) is 4.79 Å². The van der Waals surface area contributed by atoms with Crippen molar-refractivity contribution in [1.82, 2.24) is 15.2 Å². The van der Waals surface area contributed by atoms with Gasteiger partial charge in [-0.25, -0.2) is 8.78 Å². The molecule has 5 aliphatic rings. The number of benzene rings is 1. The number of hydrogen-bond acceptors (Lipinski definition) is 5. The van der Waals surface area contributed by atoms with Gasteiger partial charge in [-0.15, -0.1) is 0 Å². The summed E-state index contributed by atoms with van der Waals surface area (Å²) >= 11 is 0. The zero-order chi connectivity index (χ0) is 25.0. The van der Waals surface area contributed by atoms with Crippen LogP contribution < -0.4 is 5.43 Å². The van der Waals surface area contributed by atoms with Gasteiger partial charge in [-0.2, -0.15) is 5.10 Å². The lowest BCUT2D eigenvalue weighted by Gasteiger charge is -2.39. The molecule has 0 spiro atoms. The van der Waals surface area contributed by atoms with Crippen LogP contribution >= 0.6 is 0 Å². The van der Waals surface area contributed by atoms with Gasteiger partial charge in [0.05, 0.1) is 11.4 Å². The highest BCUT2D eigenvalue weighted by Crippen LogP contribution is 2.42. The van der Waals surface area contributed by atoms with Crippen molar-refractivity contribution in [2.75, 3.05) is 26.7 Å². The highest BCUT2D eigenvalue weighted by atomic mass is 19.1. The molecule has 1 aromatic carbocycles. The van der Waals surface area contributed by atoms with Gasteiger partial charge in [0.15, 0.2) is 0 Å². The van der Waals surface area contributed by atoms with Crippen molar-refractivity contribution in [2.24, 2.45) is 11.0 Å². The highest BCUT2D eigenvalue weighted by Gasteiger charge is 2.34. The van der Waals surface area contributed by atoms with Gasteiger partial charge in [0.1, 0.15) is 11.6 Å². The summed E-state index contributed by atoms with van der Waals surface area (Å²) in [6.07, 6.45) is 10.9. The van der Waals surface area contributed by atoms with E-state index in [1.165, 1.54) is 23.8 Å². The summed E-state index contributed by atoms with van der Waals surface area (Å²) in [6.45, 7) is 2.53. The van der Waals surface area contributed by atoms with Gasteiger partial charge in [0.25, 0.3) is 0 Å². The number of carboxylic acids is 1. The number of carbonyl (C=O) groups is 1. The standard InChI is InChI=1S/C28H30F2N4O2/c1-33-14-22(17-6-8-34(9-7-17)19-4-2-16(3-5-19)10-26(35)36)28-23(15-33)20-11-18(29)12-21-24(30)13-25(27(20)21)31-32-28/h6,11-13,15-16,19,32H,2-5,7-10,14H2,1H3,(H,35,36)/t16-,19-. The summed E-state index contributed by atoms with van der Waals surface area (Å²) in [6, 6.07) is 3.23. The molecule has 0 amide bonds. The molecular weight excluding hydrogens is 462 g/mol. The van der Waals surface area contributed by atoms with E-state index in [9.17, 15) is 13.6 Å². The van der Waals surface area contributed by atoms with Crippen molar-refractivity contribution < 1.29 is 18.7 Å². The summed E-state index contributed by atoms with van der Waals surface area (Å²) in [5.41, 5.74) is 9.36. The molecule has 1 fully saturated rings. The zero-order valence-electron chi connectivity index (χ0n) is 20.4. The van der Waals surface area contributed by atoms with Crippen LogP contribution in [0.1, 0.15) is 55.2 Å². The van der Waals surface area contributed by atoms with Crippen molar-refractivity contribution in [3.8, 4) is 0 Å². The lowest BCUT2D eigenvalue weighted by atomic mass is 9.82. The Morgan fingerprint density at radius 2 is 1.97 bits per heavy atom. The normalized spacial score (nSPS) is 25.7. The van der Waals surface area contributed by atoms with Gasteiger partial charge in [0, 0.05) is 73.7 Å². The lowest BCUT2D eigenvalue weighted by Crippen LogP contribution is -2.41. The molecule has 0 bridgehead atoms. The van der Waals surface area contributed by atoms with E-state index in [-0.39, 0.29) is 12.0 Å². The molecule has 188 valence electrons. The van der Waals surface area contributed by atoms with Gasteiger partial charge in [-0.3, -0.25) is 15.1 Å². The third-order valence-corrected chi connectivity index (χ3v) is 8.21. The Hall–Kier alpha value is -3.26. The summed E-state index contributed by atoms with van der Waals surface area (Å²) in [4.78, 5) is 15.7. The van der Waals surface area contributed by atoms with Crippen molar-refractivity contribution in [3.63, 3.8) is 0 Å². The maximum absolute atomic E-state index is 14.5. The third-order valence-electron chi connectivity index (χ3n) is 8.21. The number of rotatable bonds is 4. The van der Waals surface area contributed by atoms with Crippen LogP contribution in [0.4, 0.5) is 8.78 Å². The number of likely N-dealkylation sites (N-methyl/N-ethyl adjacent to an activating group) is 1. The lowest BCUT2D eigenvalue weighted by molar-refractivity contribution is -0.138. The first-order valence-corrected chi connectivity index (χ1v) is 12.7. The third kappa shape index (κ3) is 4.07. The van der Waals surface area contributed by atoms with Gasteiger partial charge in [-0.1, -0.05) is 6.08 Å². The maximum Gasteiger partial charge on any atom is 0.303 e. The number of carboxylic acid groups (broad SMARTS) is 1. The fourth-order valence-corrected chi connectivity index (χ4v) is 6.43. The molecule has 2 N–H and O–H groups in total. The largest absolute Gasteiger partial charge is 0.481 e. The molecule has 2 aliphatic carbocycles. The minimum absolute atomic E-state index is 0.257. The van der Waals surface area contributed by atoms with Crippen molar-refractivity contribution >= 4 is 23.1 Å². The van der Waals surface area contributed by atoms with Gasteiger partial charge in [-0.05, 0) is 61.3 Å². The zero-order valence-corrected chi connectivity index (χ0v) is 20.4. The van der Waals surface area contributed by atoms with E-state index in [2.05, 4.69) is 26.4 Å². The first kappa shape index (κ1) is 23.2. The number of fused-ring (bicyclic) bond motifs is 2. The van der Waals surface area contributed by atoms with Crippen LogP contribution in [0.2, 0.25) is 0 Å². The molecule has 6 nitrogen and oxygen atoms in total. The Bertz CT molecular complexity index is 1280. The first-order chi connectivity index (χ1) is 17.4. The molecule has 0 saturated heterocycles. The minimum Gasteiger partial charge on any atom is -0.481 e. The summed E-state index contributed by atoms with van der Waals surface area (Å²) < 4.78 is 29.0. The molecular formula is C28H30F2N4O2. The molecule has 3 heterocycles. The number of nitrogens with zero attached hydrogens (tertiary/aromatic N) is 3. The molecule has 1 aromatic rings. The second kappa shape index (κ2) is 9.00. The summed E-state index contributed by atoms with van der Waals surface area (Å²) in [7, 11) is 2.00. The Kier molecular flexibility index (Phi) is 5.79. The SMILES string of the molecule is CN1C=C2C(=C(C3=CCN([C@H]4CC[C@H](CC(=O)O)CC4)CC3)C1)NN=C1C=C(F)c3cc(F)cc2c31. The predicted octanol–water partition coefficient (Wildman–Crippen LogP) is 4.66. The predicted molar refractivity (Wildman–Crippen MR) is 135 cm³/mol. The van der Waals surface area contributed by atoms with E-state index in [0.717, 1.165) is 62.0 Å². The number of halogens is 2. The average molecular weight is 493 g/mol. The number of hydrazone groups is 1. The first-order valence-electron chi connectivity index (χ1n) is 12.7. The van der Waals surface area contributed by atoms with Crippen LogP contribution in [0, 0.1) is 11.7 Å².